The van der Waals surface area contributed by atoms with Crippen LogP contribution in [0.5, 0.6) is 5.75 Å². The molecule has 0 saturated heterocycles. The third kappa shape index (κ3) is 3.64. The fourth-order valence-corrected chi connectivity index (χ4v) is 2.73. The molecule has 8 nitrogen and oxygen atoms in total. The maximum Gasteiger partial charge on any atom is 0.271 e. The van der Waals surface area contributed by atoms with Gasteiger partial charge in [-0.2, -0.15) is 0 Å². The van der Waals surface area contributed by atoms with Gasteiger partial charge in [0, 0.05) is 16.6 Å². The lowest BCUT2D eigenvalue weighted by Crippen LogP contribution is -2.43. The molecular weight excluding hydrogens is 413 g/mol. The highest BCUT2D eigenvalue weighted by Crippen LogP contribution is 2.35. The molecule has 0 unspecified atom stereocenters. The molecule has 2 aromatic rings. The first-order chi connectivity index (χ1) is 12.3. The van der Waals surface area contributed by atoms with E-state index in [9.17, 15) is 24.1 Å². The van der Waals surface area contributed by atoms with Crippen LogP contribution in [-0.4, -0.2) is 29.9 Å². The lowest BCUT2D eigenvalue weighted by atomic mass is 10.2. The Balaban J connectivity index is 1.83. The summed E-state index contributed by atoms with van der Waals surface area (Å²) in [7, 11) is 0. The molecule has 0 spiro atoms. The van der Waals surface area contributed by atoms with Crippen molar-refractivity contribution in [3.63, 3.8) is 0 Å². The van der Waals surface area contributed by atoms with Crippen LogP contribution in [0.2, 0.25) is 0 Å². The van der Waals surface area contributed by atoms with Gasteiger partial charge in [0.05, 0.1) is 16.3 Å². The number of nitrogens with one attached hydrogen (secondary N) is 1. The molecule has 0 atom stereocenters. The van der Waals surface area contributed by atoms with Crippen LogP contribution in [0.3, 0.4) is 0 Å². The number of anilines is 2. The van der Waals surface area contributed by atoms with E-state index in [1.54, 1.807) is 6.07 Å². The summed E-state index contributed by atoms with van der Waals surface area (Å²) < 4.78 is 19.6. The molecule has 1 aliphatic heterocycles. The summed E-state index contributed by atoms with van der Waals surface area (Å²) in [4.78, 5) is 35.7. The normalized spacial score (nSPS) is 13.0. The summed E-state index contributed by atoms with van der Waals surface area (Å²) in [6.45, 7) is -0.739. The predicted molar refractivity (Wildman–Crippen MR) is 93.7 cm³/mol. The number of rotatable bonds is 4. The molecule has 0 saturated carbocycles. The van der Waals surface area contributed by atoms with Crippen LogP contribution in [0, 0.1) is 15.9 Å². The average molecular weight is 424 g/mol. The minimum atomic E-state index is -0.654. The number of amides is 2. The van der Waals surface area contributed by atoms with E-state index in [1.165, 1.54) is 24.3 Å². The van der Waals surface area contributed by atoms with Gasteiger partial charge in [-0.15, -0.1) is 0 Å². The second-order valence-electron chi connectivity index (χ2n) is 5.35. The first-order valence-corrected chi connectivity index (χ1v) is 8.11. The van der Waals surface area contributed by atoms with Crippen LogP contribution >= 0.6 is 15.9 Å². The van der Waals surface area contributed by atoms with E-state index in [4.69, 9.17) is 4.74 Å². The second kappa shape index (κ2) is 7.08. The van der Waals surface area contributed by atoms with E-state index in [0.717, 1.165) is 11.0 Å². The summed E-state index contributed by atoms with van der Waals surface area (Å²) in [6.07, 6.45) is 0. The maximum absolute atomic E-state index is 13.8. The van der Waals surface area contributed by atoms with Crippen LogP contribution in [0.25, 0.3) is 0 Å². The molecule has 134 valence electrons. The number of hydrogen-bond acceptors (Lipinski definition) is 5. The van der Waals surface area contributed by atoms with Crippen molar-refractivity contribution >= 4 is 44.8 Å². The molecule has 1 N–H and O–H groups in total. The lowest BCUT2D eigenvalue weighted by Gasteiger charge is -2.28. The molecule has 0 aliphatic carbocycles. The Bertz CT molecular complexity index is 921. The van der Waals surface area contributed by atoms with Crippen LogP contribution in [-0.2, 0) is 9.59 Å². The quantitative estimate of drug-likeness (QED) is 0.601. The molecule has 26 heavy (non-hydrogen) atoms. The summed E-state index contributed by atoms with van der Waals surface area (Å²) in [6, 6.07) is 7.87. The van der Waals surface area contributed by atoms with E-state index in [0.29, 0.717) is 4.47 Å². The molecule has 10 heteroatoms. The first kappa shape index (κ1) is 17.8. The Morgan fingerprint density at radius 3 is 2.81 bits per heavy atom. The monoisotopic (exact) mass is 423 g/mol. The average Bonchev–Trinajstić information content (AvgIpc) is 2.59. The van der Waals surface area contributed by atoms with E-state index in [-0.39, 0.29) is 29.4 Å². The summed E-state index contributed by atoms with van der Waals surface area (Å²) in [5, 5.41) is 13.3. The SMILES string of the molecule is O=C(CN1C(=O)COc2ccc([N+](=O)[O-])cc21)Nc1ccc(Br)cc1F. The van der Waals surface area contributed by atoms with Crippen LogP contribution < -0.4 is 15.0 Å². The number of carbonyl (C=O) groups excluding carboxylic acids is 2. The number of non-ortho nitro benzene ring substituents is 1. The molecule has 2 amide bonds. The van der Waals surface area contributed by atoms with Crippen molar-refractivity contribution in [2.45, 2.75) is 0 Å². The van der Waals surface area contributed by atoms with Gasteiger partial charge in [-0.1, -0.05) is 15.9 Å². The van der Waals surface area contributed by atoms with E-state index in [1.807, 2.05) is 0 Å². The number of nitrogens with zero attached hydrogens (tertiary/aromatic N) is 2. The third-order valence-electron chi connectivity index (χ3n) is 3.60. The van der Waals surface area contributed by atoms with Crippen molar-refractivity contribution < 1.29 is 23.6 Å². The van der Waals surface area contributed by atoms with Crippen LogP contribution in [0.4, 0.5) is 21.5 Å². The van der Waals surface area contributed by atoms with E-state index >= 15 is 0 Å². The van der Waals surface area contributed by atoms with Gasteiger partial charge in [-0.25, -0.2) is 4.39 Å². The smallest absolute Gasteiger partial charge is 0.271 e. The van der Waals surface area contributed by atoms with E-state index in [2.05, 4.69) is 21.2 Å². The van der Waals surface area contributed by atoms with Crippen molar-refractivity contribution in [1.29, 1.82) is 0 Å². The van der Waals surface area contributed by atoms with Gasteiger partial charge in [0.25, 0.3) is 11.6 Å². The number of nitro benzene ring substituents is 1. The fourth-order valence-electron chi connectivity index (χ4n) is 2.40. The van der Waals surface area contributed by atoms with Crippen molar-refractivity contribution in [1.82, 2.24) is 0 Å². The molecule has 1 aliphatic rings. The highest BCUT2D eigenvalue weighted by Gasteiger charge is 2.29. The van der Waals surface area contributed by atoms with Gasteiger partial charge in [-0.3, -0.25) is 24.6 Å². The number of ether oxygens (including phenoxy) is 1. The zero-order valence-corrected chi connectivity index (χ0v) is 14.7. The van der Waals surface area contributed by atoms with Gasteiger partial charge < -0.3 is 10.1 Å². The molecule has 0 bridgehead atoms. The van der Waals surface area contributed by atoms with Gasteiger partial charge in [0.2, 0.25) is 5.91 Å². The highest BCUT2D eigenvalue weighted by atomic mass is 79.9. The number of fused-ring (bicyclic) bond motifs is 1. The topological polar surface area (TPSA) is 102 Å². The Labute approximate surface area is 154 Å². The molecule has 2 aromatic carbocycles. The molecule has 0 aromatic heterocycles. The number of nitro groups is 1. The number of halogens is 2. The maximum atomic E-state index is 13.8. The zero-order valence-electron chi connectivity index (χ0n) is 13.1. The third-order valence-corrected chi connectivity index (χ3v) is 4.10. The van der Waals surface area contributed by atoms with Crippen molar-refractivity contribution in [3.05, 3.63) is 56.8 Å². The minimum Gasteiger partial charge on any atom is -0.482 e. The van der Waals surface area contributed by atoms with Crippen molar-refractivity contribution in [3.8, 4) is 5.75 Å². The van der Waals surface area contributed by atoms with Gasteiger partial charge in [0.1, 0.15) is 18.1 Å². The molecule has 0 fully saturated rings. The molecule has 3 rings (SSSR count). The first-order valence-electron chi connectivity index (χ1n) is 7.31. The Morgan fingerprint density at radius 1 is 1.35 bits per heavy atom. The Morgan fingerprint density at radius 2 is 2.12 bits per heavy atom. The summed E-state index contributed by atoms with van der Waals surface area (Å²) in [5.41, 5.74) is -0.175. The Hall–Kier alpha value is -3.01. The predicted octanol–water partition coefficient (Wildman–Crippen LogP) is 2.86. The lowest BCUT2D eigenvalue weighted by molar-refractivity contribution is -0.384. The number of hydrogen-bond donors (Lipinski definition) is 1. The van der Waals surface area contributed by atoms with Crippen molar-refractivity contribution in [2.24, 2.45) is 0 Å². The second-order valence-corrected chi connectivity index (χ2v) is 6.27. The molecule has 1 heterocycles. The van der Waals surface area contributed by atoms with Crippen LogP contribution in [0.1, 0.15) is 0 Å². The highest BCUT2D eigenvalue weighted by molar-refractivity contribution is 9.10. The van der Waals surface area contributed by atoms with Crippen LogP contribution in [0.15, 0.2) is 40.9 Å². The largest absolute Gasteiger partial charge is 0.482 e. The Kier molecular flexibility index (Phi) is 4.85. The summed E-state index contributed by atoms with van der Waals surface area (Å²) in [5.74, 6) is -1.58. The molecule has 0 radical (unpaired) electrons. The minimum absolute atomic E-state index is 0.0434. The summed E-state index contributed by atoms with van der Waals surface area (Å²) >= 11 is 3.11. The standard InChI is InChI=1S/C16H11BrFN3O5/c17-9-1-3-12(11(18)5-9)19-15(22)7-20-13-6-10(21(24)25)2-4-14(13)26-8-16(20)23/h1-6H,7-8H2,(H,19,22). The van der Waals surface area contributed by atoms with Gasteiger partial charge >= 0.3 is 0 Å². The number of carbonyl (C=O) groups is 2. The van der Waals surface area contributed by atoms with Gasteiger partial charge in [0.15, 0.2) is 6.61 Å². The van der Waals surface area contributed by atoms with Crippen molar-refractivity contribution in [2.75, 3.05) is 23.4 Å². The van der Waals surface area contributed by atoms with E-state index < -0.39 is 29.1 Å². The zero-order chi connectivity index (χ0) is 18.8. The molecular formula is C16H11BrFN3O5. The fraction of sp³-hybridized carbons (Fsp3) is 0.125. The van der Waals surface area contributed by atoms with Gasteiger partial charge in [-0.05, 0) is 24.3 Å². The number of benzene rings is 2.